The molecule has 2 heterocycles. The van der Waals surface area contributed by atoms with Gasteiger partial charge in [-0.2, -0.15) is 5.10 Å². The van der Waals surface area contributed by atoms with Crippen LogP contribution in [0.15, 0.2) is 0 Å². The van der Waals surface area contributed by atoms with E-state index in [-0.39, 0.29) is 35.0 Å². The van der Waals surface area contributed by atoms with Crippen molar-refractivity contribution in [3.8, 4) is 0 Å². The number of carbonyl (C=O) groups excluding carboxylic acids is 1. The lowest BCUT2D eigenvalue weighted by molar-refractivity contribution is -0.185. The molecule has 0 spiro atoms. The normalized spacial score (nSPS) is 39.0. The molecule has 4 aliphatic carbocycles. The Labute approximate surface area is 173 Å². The van der Waals surface area contributed by atoms with Gasteiger partial charge in [-0.1, -0.05) is 11.6 Å². The molecular formula is C20H26ClN3O5. The highest BCUT2D eigenvalue weighted by Crippen LogP contribution is 2.67. The summed E-state index contributed by atoms with van der Waals surface area (Å²) in [5.74, 6) is -1.83. The molecule has 5 unspecified atom stereocenters. The van der Waals surface area contributed by atoms with Gasteiger partial charge in [0.25, 0.3) is 0 Å². The monoisotopic (exact) mass is 423 g/mol. The van der Waals surface area contributed by atoms with Crippen LogP contribution in [0.3, 0.4) is 0 Å². The summed E-state index contributed by atoms with van der Waals surface area (Å²) in [6.45, 7) is 1.15. The van der Waals surface area contributed by atoms with Crippen LogP contribution in [0.4, 0.5) is 0 Å². The van der Waals surface area contributed by atoms with Crippen LogP contribution < -0.4 is 5.73 Å². The molecule has 1 aliphatic heterocycles. The number of primary amides is 1. The number of nitrogens with two attached hydrogens (primary N) is 1. The maximum atomic E-state index is 12.7. The number of ether oxygens (including phenoxy) is 1. The molecule has 1 aromatic rings. The molecule has 1 aromatic heterocycles. The number of aliphatic hydroxyl groups is 1. The third-order valence-corrected chi connectivity index (χ3v) is 8.09. The average Bonchev–Trinajstić information content (AvgIpc) is 2.97. The number of hydrogen-bond donors (Lipinski definition) is 3. The number of amides is 1. The van der Waals surface area contributed by atoms with E-state index in [1.165, 1.54) is 0 Å². The van der Waals surface area contributed by atoms with Gasteiger partial charge in [0.05, 0.1) is 22.8 Å². The molecular weight excluding hydrogens is 398 g/mol. The second kappa shape index (κ2) is 6.43. The largest absolute Gasteiger partial charge is 0.478 e. The lowest BCUT2D eigenvalue weighted by atomic mass is 9.42. The minimum absolute atomic E-state index is 0.0248. The summed E-state index contributed by atoms with van der Waals surface area (Å²) in [4.78, 5) is 24.9. The first kappa shape index (κ1) is 19.3. The zero-order valence-electron chi connectivity index (χ0n) is 16.1. The van der Waals surface area contributed by atoms with Gasteiger partial charge in [-0.3, -0.25) is 4.79 Å². The van der Waals surface area contributed by atoms with E-state index in [1.54, 1.807) is 4.68 Å². The third kappa shape index (κ3) is 2.75. The van der Waals surface area contributed by atoms with E-state index in [0.717, 1.165) is 6.42 Å². The third-order valence-electron chi connectivity index (χ3n) is 7.73. The molecule has 4 bridgehead atoms. The summed E-state index contributed by atoms with van der Waals surface area (Å²) in [6, 6.07) is -0.0337. The molecule has 8 nitrogen and oxygen atoms in total. The molecule has 0 radical (unpaired) electrons. The number of carboxylic acids is 1. The number of aromatic nitrogens is 2. The quantitative estimate of drug-likeness (QED) is 0.680. The van der Waals surface area contributed by atoms with Gasteiger partial charge in [0.2, 0.25) is 5.91 Å². The molecule has 5 atom stereocenters. The smallest absolute Gasteiger partial charge is 0.340 e. The van der Waals surface area contributed by atoms with Crippen LogP contribution in [-0.4, -0.2) is 50.7 Å². The van der Waals surface area contributed by atoms with Crippen molar-refractivity contribution in [2.24, 2.45) is 23.0 Å². The molecule has 1 saturated heterocycles. The van der Waals surface area contributed by atoms with Crippen molar-refractivity contribution in [3.05, 3.63) is 16.4 Å². The van der Waals surface area contributed by atoms with Crippen molar-refractivity contribution in [2.45, 2.75) is 62.5 Å². The number of carbonyl (C=O) groups is 2. The van der Waals surface area contributed by atoms with Crippen molar-refractivity contribution < 1.29 is 24.5 Å². The predicted octanol–water partition coefficient (Wildman–Crippen LogP) is 2.10. The van der Waals surface area contributed by atoms with Crippen molar-refractivity contribution in [3.63, 3.8) is 0 Å². The Balaban J connectivity index is 1.64. The molecule has 9 heteroatoms. The van der Waals surface area contributed by atoms with Gasteiger partial charge < -0.3 is 20.7 Å². The summed E-state index contributed by atoms with van der Waals surface area (Å²) in [5, 5.41) is 25.8. The fourth-order valence-electron chi connectivity index (χ4n) is 6.96. The first-order valence-corrected chi connectivity index (χ1v) is 10.7. The fraction of sp³-hybridized carbons (Fsp3) is 0.750. The highest BCUT2D eigenvalue weighted by Gasteiger charge is 2.66. The number of halogens is 1. The van der Waals surface area contributed by atoms with Crippen LogP contribution >= 0.6 is 11.6 Å². The molecule has 4 N–H and O–H groups in total. The van der Waals surface area contributed by atoms with E-state index in [9.17, 15) is 19.8 Å². The summed E-state index contributed by atoms with van der Waals surface area (Å²) >= 11 is 6.54. The lowest BCUT2D eigenvalue weighted by Crippen LogP contribution is -2.63. The summed E-state index contributed by atoms with van der Waals surface area (Å²) in [6.07, 6.45) is 4.34. The van der Waals surface area contributed by atoms with Gasteiger partial charge in [0.15, 0.2) is 0 Å². The molecule has 4 saturated carbocycles. The highest BCUT2D eigenvalue weighted by atomic mass is 35.5. The van der Waals surface area contributed by atoms with Crippen LogP contribution in [0.2, 0.25) is 5.15 Å². The number of nitrogens with zero attached hydrogens (tertiary/aromatic N) is 2. The molecule has 6 rings (SSSR count). The van der Waals surface area contributed by atoms with Crippen LogP contribution in [0.5, 0.6) is 0 Å². The topological polar surface area (TPSA) is 128 Å². The van der Waals surface area contributed by atoms with Crippen molar-refractivity contribution in [1.82, 2.24) is 9.78 Å². The predicted molar refractivity (Wildman–Crippen MR) is 103 cm³/mol. The van der Waals surface area contributed by atoms with E-state index in [2.05, 4.69) is 0 Å². The molecule has 29 heavy (non-hydrogen) atoms. The van der Waals surface area contributed by atoms with Crippen LogP contribution in [-0.2, 0) is 9.53 Å². The Kier molecular flexibility index (Phi) is 4.28. The van der Waals surface area contributed by atoms with Crippen molar-refractivity contribution >= 4 is 23.5 Å². The minimum Gasteiger partial charge on any atom is -0.478 e. The zero-order valence-corrected chi connectivity index (χ0v) is 16.9. The van der Waals surface area contributed by atoms with E-state index >= 15 is 0 Å². The second-order valence-corrected chi connectivity index (χ2v) is 9.88. The number of rotatable bonds is 4. The number of carboxylic acid groups (broad SMARTS) is 1. The van der Waals surface area contributed by atoms with Gasteiger partial charge in [0.1, 0.15) is 10.7 Å². The molecule has 0 aromatic carbocycles. The number of hydrogen-bond acceptors (Lipinski definition) is 5. The van der Waals surface area contributed by atoms with E-state index in [0.29, 0.717) is 51.0 Å². The summed E-state index contributed by atoms with van der Waals surface area (Å²) in [7, 11) is 0. The van der Waals surface area contributed by atoms with Crippen molar-refractivity contribution in [2.75, 3.05) is 13.2 Å². The van der Waals surface area contributed by atoms with Crippen LogP contribution in [0.1, 0.15) is 73.0 Å². The fourth-order valence-corrected chi connectivity index (χ4v) is 7.32. The molecule has 5 fully saturated rings. The maximum absolute atomic E-state index is 12.7. The zero-order chi connectivity index (χ0) is 20.6. The van der Waals surface area contributed by atoms with Gasteiger partial charge in [0, 0.05) is 19.1 Å². The van der Waals surface area contributed by atoms with E-state index in [4.69, 9.17) is 27.2 Å². The van der Waals surface area contributed by atoms with E-state index in [1.807, 2.05) is 0 Å². The summed E-state index contributed by atoms with van der Waals surface area (Å²) in [5.41, 5.74) is 4.38. The van der Waals surface area contributed by atoms with Crippen LogP contribution in [0.25, 0.3) is 0 Å². The highest BCUT2D eigenvalue weighted by molar-refractivity contribution is 6.32. The van der Waals surface area contributed by atoms with Gasteiger partial charge in [-0.05, 0) is 56.8 Å². The molecule has 5 aliphatic rings. The first-order chi connectivity index (χ1) is 13.7. The van der Waals surface area contributed by atoms with Crippen molar-refractivity contribution in [1.29, 1.82) is 0 Å². The minimum atomic E-state index is -1.14. The number of aromatic carboxylic acids is 1. The van der Waals surface area contributed by atoms with Gasteiger partial charge in [-0.15, -0.1) is 0 Å². The first-order valence-electron chi connectivity index (χ1n) is 10.4. The summed E-state index contributed by atoms with van der Waals surface area (Å²) < 4.78 is 7.02. The van der Waals surface area contributed by atoms with Gasteiger partial charge >= 0.3 is 5.97 Å². The SMILES string of the molecule is NC(=O)C12CC3CC(CC(O)(C3)C1)C2c1nn(C2CCOCC2)c(Cl)c1C(=O)O. The van der Waals surface area contributed by atoms with Crippen LogP contribution in [0, 0.1) is 17.3 Å². The standard InChI is InChI=1S/C20H26ClN3O5/c21-16-13(17(25)26)15(23-24(16)12-1-3-29-4-2-12)14-11-5-10-6-19(28,8-11)9-20(14,7-10)18(22)27/h10-12,14,28H,1-9H2,(H2,22,27)(H,25,26). The lowest BCUT2D eigenvalue weighted by Gasteiger charge is -2.62. The average molecular weight is 424 g/mol. The van der Waals surface area contributed by atoms with E-state index < -0.39 is 28.8 Å². The Morgan fingerprint density at radius 2 is 1.97 bits per heavy atom. The second-order valence-electron chi connectivity index (χ2n) is 9.52. The Morgan fingerprint density at radius 3 is 2.59 bits per heavy atom. The molecule has 158 valence electrons. The maximum Gasteiger partial charge on any atom is 0.340 e. The Bertz CT molecular complexity index is 882. The molecule has 1 amide bonds. The Morgan fingerprint density at radius 1 is 1.24 bits per heavy atom. The Hall–Kier alpha value is -1.64. The van der Waals surface area contributed by atoms with Gasteiger partial charge in [-0.25, -0.2) is 9.48 Å².